The molecule has 1 heterocycles. The van der Waals surface area contributed by atoms with Crippen molar-refractivity contribution < 1.29 is 14.3 Å². The Bertz CT molecular complexity index is 973. The molecule has 0 radical (unpaired) electrons. The predicted octanol–water partition coefficient (Wildman–Crippen LogP) is 4.27. The SMILES string of the molecule is COc1ccc(NC(=O)c2cncc(NCc3cccc(C)c3)c2)c(OC)c1. The van der Waals surface area contributed by atoms with Crippen molar-refractivity contribution in [2.45, 2.75) is 13.5 Å². The fourth-order valence-electron chi connectivity index (χ4n) is 2.78. The Hall–Kier alpha value is -3.54. The molecular formula is C22H23N3O3. The minimum atomic E-state index is -0.268. The van der Waals surface area contributed by atoms with Crippen LogP contribution in [0.15, 0.2) is 60.9 Å². The number of anilines is 2. The van der Waals surface area contributed by atoms with Crippen LogP contribution in [0.5, 0.6) is 11.5 Å². The quantitative estimate of drug-likeness (QED) is 0.643. The first kappa shape index (κ1) is 19.2. The summed E-state index contributed by atoms with van der Waals surface area (Å²) in [6, 6.07) is 15.2. The summed E-state index contributed by atoms with van der Waals surface area (Å²) in [6.45, 7) is 2.71. The second kappa shape index (κ2) is 8.90. The zero-order valence-corrected chi connectivity index (χ0v) is 16.2. The number of hydrogen-bond donors (Lipinski definition) is 2. The maximum atomic E-state index is 12.6. The number of ether oxygens (including phenoxy) is 2. The molecule has 0 atom stereocenters. The fourth-order valence-corrected chi connectivity index (χ4v) is 2.78. The molecule has 2 N–H and O–H groups in total. The molecule has 144 valence electrons. The van der Waals surface area contributed by atoms with E-state index in [1.165, 1.54) is 11.8 Å². The van der Waals surface area contributed by atoms with E-state index in [4.69, 9.17) is 9.47 Å². The Balaban J connectivity index is 1.70. The second-order valence-corrected chi connectivity index (χ2v) is 6.33. The molecule has 0 saturated carbocycles. The van der Waals surface area contributed by atoms with Crippen LogP contribution in [0.4, 0.5) is 11.4 Å². The first-order valence-electron chi connectivity index (χ1n) is 8.87. The second-order valence-electron chi connectivity index (χ2n) is 6.33. The average Bonchev–Trinajstić information content (AvgIpc) is 2.72. The van der Waals surface area contributed by atoms with Crippen LogP contribution in [0.2, 0.25) is 0 Å². The van der Waals surface area contributed by atoms with Gasteiger partial charge in [0.05, 0.1) is 31.2 Å². The molecule has 1 aromatic heterocycles. The first-order chi connectivity index (χ1) is 13.6. The van der Waals surface area contributed by atoms with Crippen molar-refractivity contribution in [3.63, 3.8) is 0 Å². The molecular weight excluding hydrogens is 354 g/mol. The summed E-state index contributed by atoms with van der Waals surface area (Å²) in [5.74, 6) is 0.906. The number of aromatic nitrogens is 1. The molecule has 0 fully saturated rings. The summed E-state index contributed by atoms with van der Waals surface area (Å²) >= 11 is 0. The molecule has 0 bridgehead atoms. The van der Waals surface area contributed by atoms with Crippen LogP contribution >= 0.6 is 0 Å². The number of pyridine rings is 1. The normalized spacial score (nSPS) is 10.2. The van der Waals surface area contributed by atoms with Gasteiger partial charge in [-0.1, -0.05) is 29.8 Å². The van der Waals surface area contributed by atoms with Gasteiger partial charge in [0.25, 0.3) is 5.91 Å². The van der Waals surface area contributed by atoms with Crippen LogP contribution in [-0.2, 0) is 6.54 Å². The van der Waals surface area contributed by atoms with Crippen molar-refractivity contribution in [3.05, 3.63) is 77.6 Å². The zero-order valence-electron chi connectivity index (χ0n) is 16.2. The summed E-state index contributed by atoms with van der Waals surface area (Å²) in [4.78, 5) is 16.8. The van der Waals surface area contributed by atoms with Gasteiger partial charge in [0.2, 0.25) is 0 Å². The predicted molar refractivity (Wildman–Crippen MR) is 110 cm³/mol. The standard InChI is InChI=1S/C22H23N3O3/c1-15-5-4-6-16(9-15)12-24-18-10-17(13-23-14-18)22(26)25-20-8-7-19(27-2)11-21(20)28-3/h4-11,13-14,24H,12H2,1-3H3,(H,25,26). The third kappa shape index (κ3) is 4.79. The molecule has 6 heteroatoms. The van der Waals surface area contributed by atoms with Gasteiger partial charge in [-0.05, 0) is 30.7 Å². The third-order valence-corrected chi connectivity index (χ3v) is 4.24. The van der Waals surface area contributed by atoms with E-state index in [2.05, 4.69) is 40.7 Å². The minimum absolute atomic E-state index is 0.268. The summed E-state index contributed by atoms with van der Waals surface area (Å²) in [5.41, 5.74) is 4.16. The van der Waals surface area contributed by atoms with Crippen molar-refractivity contribution in [2.75, 3.05) is 24.9 Å². The lowest BCUT2D eigenvalue weighted by Gasteiger charge is -2.12. The number of methoxy groups -OCH3 is 2. The number of benzene rings is 2. The van der Waals surface area contributed by atoms with E-state index in [-0.39, 0.29) is 5.91 Å². The van der Waals surface area contributed by atoms with Crippen LogP contribution in [0.3, 0.4) is 0 Å². The number of carbonyl (C=O) groups is 1. The van der Waals surface area contributed by atoms with Crippen molar-refractivity contribution >= 4 is 17.3 Å². The lowest BCUT2D eigenvalue weighted by molar-refractivity contribution is 0.102. The van der Waals surface area contributed by atoms with Gasteiger partial charge in [-0.15, -0.1) is 0 Å². The van der Waals surface area contributed by atoms with Gasteiger partial charge in [-0.3, -0.25) is 9.78 Å². The van der Waals surface area contributed by atoms with Crippen LogP contribution in [0.1, 0.15) is 21.5 Å². The van der Waals surface area contributed by atoms with E-state index >= 15 is 0 Å². The highest BCUT2D eigenvalue weighted by molar-refractivity contribution is 6.05. The highest BCUT2D eigenvalue weighted by Crippen LogP contribution is 2.29. The Morgan fingerprint density at radius 2 is 1.89 bits per heavy atom. The molecule has 0 unspecified atom stereocenters. The highest BCUT2D eigenvalue weighted by Gasteiger charge is 2.12. The van der Waals surface area contributed by atoms with E-state index in [0.29, 0.717) is 29.3 Å². The Morgan fingerprint density at radius 1 is 1.04 bits per heavy atom. The number of carbonyl (C=O) groups excluding carboxylic acids is 1. The molecule has 0 aliphatic carbocycles. The first-order valence-corrected chi connectivity index (χ1v) is 8.87. The van der Waals surface area contributed by atoms with Crippen molar-refractivity contribution in [1.29, 1.82) is 0 Å². The largest absolute Gasteiger partial charge is 0.497 e. The third-order valence-electron chi connectivity index (χ3n) is 4.24. The minimum Gasteiger partial charge on any atom is -0.497 e. The molecule has 3 rings (SSSR count). The molecule has 0 spiro atoms. The van der Waals surface area contributed by atoms with E-state index in [9.17, 15) is 4.79 Å². The fraction of sp³-hybridized carbons (Fsp3) is 0.182. The van der Waals surface area contributed by atoms with Gasteiger partial charge in [0.1, 0.15) is 11.5 Å². The number of nitrogens with zero attached hydrogens (tertiary/aromatic N) is 1. The molecule has 0 aliphatic rings. The molecule has 3 aromatic rings. The van der Waals surface area contributed by atoms with E-state index in [1.54, 1.807) is 44.7 Å². The lowest BCUT2D eigenvalue weighted by atomic mass is 10.1. The number of aryl methyl sites for hydroxylation is 1. The van der Waals surface area contributed by atoms with Crippen LogP contribution < -0.4 is 20.1 Å². The van der Waals surface area contributed by atoms with Crippen molar-refractivity contribution in [1.82, 2.24) is 4.98 Å². The number of hydrogen-bond acceptors (Lipinski definition) is 5. The van der Waals surface area contributed by atoms with Gasteiger partial charge in [0, 0.05) is 25.0 Å². The van der Waals surface area contributed by atoms with Crippen LogP contribution in [-0.4, -0.2) is 25.1 Å². The smallest absolute Gasteiger partial charge is 0.257 e. The summed E-state index contributed by atoms with van der Waals surface area (Å²) in [5, 5.41) is 6.15. The maximum absolute atomic E-state index is 12.6. The highest BCUT2D eigenvalue weighted by atomic mass is 16.5. The summed E-state index contributed by atoms with van der Waals surface area (Å²) in [6.07, 6.45) is 3.23. The topological polar surface area (TPSA) is 72.5 Å². The molecule has 2 aromatic carbocycles. The molecule has 0 saturated heterocycles. The van der Waals surface area contributed by atoms with Gasteiger partial charge < -0.3 is 20.1 Å². The van der Waals surface area contributed by atoms with E-state index < -0.39 is 0 Å². The number of rotatable bonds is 7. The van der Waals surface area contributed by atoms with Crippen molar-refractivity contribution in [3.8, 4) is 11.5 Å². The maximum Gasteiger partial charge on any atom is 0.257 e. The van der Waals surface area contributed by atoms with E-state index in [0.717, 1.165) is 11.3 Å². The Morgan fingerprint density at radius 3 is 2.64 bits per heavy atom. The Kier molecular flexibility index (Phi) is 6.11. The summed E-state index contributed by atoms with van der Waals surface area (Å²) < 4.78 is 10.5. The molecule has 1 amide bonds. The monoisotopic (exact) mass is 377 g/mol. The van der Waals surface area contributed by atoms with Gasteiger partial charge in [0.15, 0.2) is 0 Å². The van der Waals surface area contributed by atoms with Gasteiger partial charge >= 0.3 is 0 Å². The van der Waals surface area contributed by atoms with Gasteiger partial charge in [-0.2, -0.15) is 0 Å². The van der Waals surface area contributed by atoms with E-state index in [1.807, 2.05) is 6.07 Å². The zero-order chi connectivity index (χ0) is 19.9. The molecule has 6 nitrogen and oxygen atoms in total. The number of nitrogens with one attached hydrogen (secondary N) is 2. The van der Waals surface area contributed by atoms with Crippen LogP contribution in [0, 0.1) is 6.92 Å². The average molecular weight is 377 g/mol. The summed E-state index contributed by atoms with van der Waals surface area (Å²) in [7, 11) is 3.12. The number of amides is 1. The van der Waals surface area contributed by atoms with Crippen LogP contribution in [0.25, 0.3) is 0 Å². The molecule has 0 aliphatic heterocycles. The lowest BCUT2D eigenvalue weighted by Crippen LogP contribution is -2.13. The van der Waals surface area contributed by atoms with Gasteiger partial charge in [-0.25, -0.2) is 0 Å². The Labute approximate surface area is 164 Å². The van der Waals surface area contributed by atoms with Crippen molar-refractivity contribution in [2.24, 2.45) is 0 Å². The molecule has 28 heavy (non-hydrogen) atoms.